The Morgan fingerprint density at radius 2 is 1.96 bits per heavy atom. The standard InChI is InChI=1S/C18H26N2O2S2/c1-12-6-8-13(9-7-12)10-15-19-17(23-4)14(11-16(21)22-3)18(24-5)20(15)2/h6-9,15,18-19H,10-11H2,1-5H3. The van der Waals surface area contributed by atoms with E-state index in [0.29, 0.717) is 6.42 Å². The van der Waals surface area contributed by atoms with Crippen LogP contribution in [0.15, 0.2) is 34.9 Å². The summed E-state index contributed by atoms with van der Waals surface area (Å²) in [5, 5.41) is 4.87. The quantitative estimate of drug-likeness (QED) is 0.780. The van der Waals surface area contributed by atoms with Gasteiger partial charge < -0.3 is 10.1 Å². The summed E-state index contributed by atoms with van der Waals surface area (Å²) in [4.78, 5) is 14.1. The summed E-state index contributed by atoms with van der Waals surface area (Å²) in [5.74, 6) is -0.192. The van der Waals surface area contributed by atoms with Gasteiger partial charge in [0, 0.05) is 6.42 Å². The third kappa shape index (κ3) is 4.49. The van der Waals surface area contributed by atoms with Crippen molar-refractivity contribution in [3.05, 3.63) is 46.0 Å². The molecular weight excluding hydrogens is 340 g/mol. The predicted molar refractivity (Wildman–Crippen MR) is 104 cm³/mol. The van der Waals surface area contributed by atoms with Gasteiger partial charge in [-0.3, -0.25) is 9.69 Å². The molecule has 1 aromatic carbocycles. The summed E-state index contributed by atoms with van der Waals surface area (Å²) in [6, 6.07) is 8.67. The minimum absolute atomic E-state index is 0.170. The number of rotatable bonds is 6. The number of carbonyl (C=O) groups is 1. The zero-order valence-corrected chi connectivity index (χ0v) is 16.6. The van der Waals surface area contributed by atoms with E-state index in [9.17, 15) is 4.79 Å². The van der Waals surface area contributed by atoms with Gasteiger partial charge in [0.15, 0.2) is 0 Å². The van der Waals surface area contributed by atoms with Crippen LogP contribution in [0, 0.1) is 6.92 Å². The lowest BCUT2D eigenvalue weighted by molar-refractivity contribution is -0.139. The van der Waals surface area contributed by atoms with Gasteiger partial charge in [0.1, 0.15) is 0 Å². The van der Waals surface area contributed by atoms with Crippen LogP contribution in [0.5, 0.6) is 0 Å². The van der Waals surface area contributed by atoms with Gasteiger partial charge in [-0.1, -0.05) is 29.8 Å². The number of aryl methyl sites for hydroxylation is 1. The van der Waals surface area contributed by atoms with E-state index in [1.54, 1.807) is 23.5 Å². The van der Waals surface area contributed by atoms with Crippen molar-refractivity contribution in [1.29, 1.82) is 0 Å². The number of nitrogens with one attached hydrogen (secondary N) is 1. The van der Waals surface area contributed by atoms with E-state index < -0.39 is 0 Å². The molecule has 1 heterocycles. The second-order valence-electron chi connectivity index (χ2n) is 5.91. The van der Waals surface area contributed by atoms with Crippen molar-refractivity contribution >= 4 is 29.5 Å². The van der Waals surface area contributed by atoms with Gasteiger partial charge in [0.25, 0.3) is 0 Å². The lowest BCUT2D eigenvalue weighted by Crippen LogP contribution is -2.53. The smallest absolute Gasteiger partial charge is 0.309 e. The summed E-state index contributed by atoms with van der Waals surface area (Å²) in [7, 11) is 3.55. The SMILES string of the molecule is COC(=O)CC1=C(SC)NC(Cc2ccc(C)cc2)N(C)C1SC. The number of benzene rings is 1. The van der Waals surface area contributed by atoms with Gasteiger partial charge >= 0.3 is 5.97 Å². The van der Waals surface area contributed by atoms with Gasteiger partial charge in [-0.15, -0.1) is 23.5 Å². The van der Waals surface area contributed by atoms with Crippen molar-refractivity contribution in [3.63, 3.8) is 0 Å². The number of hydrogen-bond acceptors (Lipinski definition) is 6. The second kappa shape index (κ2) is 8.83. The minimum Gasteiger partial charge on any atom is -0.469 e. The Morgan fingerprint density at radius 1 is 1.29 bits per heavy atom. The van der Waals surface area contributed by atoms with Crippen LogP contribution in [0.4, 0.5) is 0 Å². The van der Waals surface area contributed by atoms with Crippen LogP contribution in [0.2, 0.25) is 0 Å². The van der Waals surface area contributed by atoms with E-state index in [4.69, 9.17) is 4.74 Å². The number of likely N-dealkylation sites (N-methyl/N-ethyl adjacent to an activating group) is 1. The van der Waals surface area contributed by atoms with E-state index in [1.165, 1.54) is 18.2 Å². The Morgan fingerprint density at radius 3 is 2.50 bits per heavy atom. The minimum atomic E-state index is -0.192. The fourth-order valence-electron chi connectivity index (χ4n) is 2.90. The molecule has 0 bridgehead atoms. The number of methoxy groups -OCH3 is 1. The van der Waals surface area contributed by atoms with Crippen molar-refractivity contribution < 1.29 is 9.53 Å². The highest BCUT2D eigenvalue weighted by Gasteiger charge is 2.33. The molecule has 0 fully saturated rings. The van der Waals surface area contributed by atoms with Crippen LogP contribution in [-0.4, -0.2) is 49.1 Å². The average Bonchev–Trinajstić information content (AvgIpc) is 2.59. The number of carbonyl (C=O) groups excluding carboxylic acids is 1. The fraction of sp³-hybridized carbons (Fsp3) is 0.500. The summed E-state index contributed by atoms with van der Waals surface area (Å²) in [6.07, 6.45) is 5.58. The van der Waals surface area contributed by atoms with Crippen molar-refractivity contribution in [3.8, 4) is 0 Å². The van der Waals surface area contributed by atoms with Crippen LogP contribution in [0.1, 0.15) is 17.5 Å². The first-order valence-electron chi connectivity index (χ1n) is 7.90. The van der Waals surface area contributed by atoms with Gasteiger partial charge in [0.2, 0.25) is 0 Å². The maximum absolute atomic E-state index is 11.8. The maximum Gasteiger partial charge on any atom is 0.309 e. The predicted octanol–water partition coefficient (Wildman–Crippen LogP) is 3.23. The second-order valence-corrected chi connectivity index (χ2v) is 7.65. The summed E-state index contributed by atoms with van der Waals surface area (Å²) >= 11 is 3.42. The summed E-state index contributed by atoms with van der Waals surface area (Å²) in [5.41, 5.74) is 3.68. The molecular formula is C18H26N2O2S2. The van der Waals surface area contributed by atoms with E-state index >= 15 is 0 Å². The first kappa shape index (κ1) is 19.2. The number of esters is 1. The lowest BCUT2D eigenvalue weighted by atomic mass is 10.0. The molecule has 0 aliphatic carbocycles. The molecule has 2 rings (SSSR count). The van der Waals surface area contributed by atoms with Crippen LogP contribution in [-0.2, 0) is 16.0 Å². The maximum atomic E-state index is 11.8. The zero-order chi connectivity index (χ0) is 17.7. The van der Waals surface area contributed by atoms with E-state index in [1.807, 2.05) is 6.26 Å². The molecule has 2 atom stereocenters. The normalized spacial score (nSPS) is 21.5. The van der Waals surface area contributed by atoms with Gasteiger partial charge in [-0.25, -0.2) is 0 Å². The molecule has 1 aliphatic heterocycles. The summed E-state index contributed by atoms with van der Waals surface area (Å²) in [6.45, 7) is 2.10. The van der Waals surface area contributed by atoms with Crippen molar-refractivity contribution in [2.45, 2.75) is 31.3 Å². The lowest BCUT2D eigenvalue weighted by Gasteiger charge is -2.42. The molecule has 1 N–H and O–H groups in total. The van der Waals surface area contributed by atoms with Gasteiger partial charge in [-0.2, -0.15) is 0 Å². The molecule has 2 unspecified atom stereocenters. The average molecular weight is 367 g/mol. The van der Waals surface area contributed by atoms with Gasteiger partial charge in [-0.05, 0) is 37.6 Å². The highest BCUT2D eigenvalue weighted by atomic mass is 32.2. The number of hydrogen-bond donors (Lipinski definition) is 1. The monoisotopic (exact) mass is 366 g/mol. The number of ether oxygens (including phenoxy) is 1. The van der Waals surface area contributed by atoms with Crippen molar-refractivity contribution in [2.24, 2.45) is 0 Å². The van der Waals surface area contributed by atoms with Crippen LogP contribution in [0.25, 0.3) is 0 Å². The third-order valence-electron chi connectivity index (χ3n) is 4.29. The Balaban J connectivity index is 2.24. The van der Waals surface area contributed by atoms with E-state index in [-0.39, 0.29) is 17.5 Å². The highest BCUT2D eigenvalue weighted by Crippen LogP contribution is 2.34. The molecule has 1 aromatic rings. The van der Waals surface area contributed by atoms with Crippen molar-refractivity contribution in [1.82, 2.24) is 10.2 Å². The van der Waals surface area contributed by atoms with E-state index in [0.717, 1.165) is 17.0 Å². The van der Waals surface area contributed by atoms with Crippen LogP contribution < -0.4 is 5.32 Å². The molecule has 0 aromatic heterocycles. The Kier molecular flexibility index (Phi) is 7.07. The highest BCUT2D eigenvalue weighted by molar-refractivity contribution is 8.02. The first-order valence-corrected chi connectivity index (χ1v) is 10.4. The number of thioether (sulfide) groups is 2. The number of nitrogens with zero attached hydrogens (tertiary/aromatic N) is 1. The fourth-order valence-corrected chi connectivity index (χ4v) is 4.64. The van der Waals surface area contributed by atoms with Gasteiger partial charge in [0.05, 0.1) is 30.1 Å². The molecule has 0 saturated heterocycles. The topological polar surface area (TPSA) is 41.6 Å². The summed E-state index contributed by atoms with van der Waals surface area (Å²) < 4.78 is 4.87. The first-order chi connectivity index (χ1) is 11.5. The molecule has 0 amide bonds. The molecule has 132 valence electrons. The van der Waals surface area contributed by atoms with Crippen molar-refractivity contribution in [2.75, 3.05) is 26.7 Å². The Hall–Kier alpha value is -1.11. The zero-order valence-electron chi connectivity index (χ0n) is 15.0. The molecule has 6 heteroatoms. The molecule has 0 radical (unpaired) electrons. The molecule has 0 saturated carbocycles. The Bertz CT molecular complexity index is 602. The third-order valence-corrected chi connectivity index (χ3v) is 6.14. The van der Waals surface area contributed by atoms with Crippen LogP contribution >= 0.6 is 23.5 Å². The van der Waals surface area contributed by atoms with Crippen LogP contribution in [0.3, 0.4) is 0 Å². The largest absolute Gasteiger partial charge is 0.469 e. The molecule has 0 spiro atoms. The van der Waals surface area contributed by atoms with E-state index in [2.05, 4.69) is 54.7 Å². The molecule has 1 aliphatic rings. The molecule has 24 heavy (non-hydrogen) atoms. The Labute approximate surface area is 153 Å². The molecule has 4 nitrogen and oxygen atoms in total.